The summed E-state index contributed by atoms with van der Waals surface area (Å²) < 4.78 is 0. The molecule has 4 heteroatoms. The molecule has 0 radical (unpaired) electrons. The quantitative estimate of drug-likeness (QED) is 0.165. The zero-order chi connectivity index (χ0) is 38.8. The number of rotatable bonds is 10. The highest BCUT2D eigenvalue weighted by Crippen LogP contribution is 2.61. The Morgan fingerprint density at radius 3 is 0.712 bits per heavy atom. The van der Waals surface area contributed by atoms with Gasteiger partial charge in [0.2, 0.25) is 0 Å². The molecule has 0 bridgehead atoms. The summed E-state index contributed by atoms with van der Waals surface area (Å²) in [7, 11) is 0. The molecule has 0 heterocycles. The van der Waals surface area contributed by atoms with Gasteiger partial charge in [0.25, 0.3) is 0 Å². The second-order valence-electron chi connectivity index (χ2n) is 21.0. The zero-order valence-corrected chi connectivity index (χ0v) is 41.6. The van der Waals surface area contributed by atoms with E-state index in [1.54, 1.807) is 44.5 Å². The van der Waals surface area contributed by atoms with Crippen molar-refractivity contribution in [2.45, 2.75) is 231 Å². The van der Waals surface area contributed by atoms with Gasteiger partial charge in [0.15, 0.2) is 0 Å². The first-order valence-electron chi connectivity index (χ1n) is 21.6. The summed E-state index contributed by atoms with van der Waals surface area (Å²) >= 11 is 9.85. The Kier molecular flexibility index (Phi) is 10.5. The summed E-state index contributed by atoms with van der Waals surface area (Å²) in [6.07, 6.45) is 15.0. The molecule has 0 atom stereocenters. The van der Waals surface area contributed by atoms with Gasteiger partial charge >= 0.3 is 0 Å². The molecule has 4 aliphatic rings. The Balaban J connectivity index is 1.89. The van der Waals surface area contributed by atoms with Crippen LogP contribution in [0.15, 0.2) is 12.1 Å². The van der Waals surface area contributed by atoms with E-state index in [-0.39, 0.29) is 43.3 Å². The first kappa shape index (κ1) is 41.5. The van der Waals surface area contributed by atoms with Crippen LogP contribution in [0.25, 0.3) is 0 Å². The van der Waals surface area contributed by atoms with Crippen LogP contribution in [0.4, 0.5) is 0 Å². The van der Waals surface area contributed by atoms with Gasteiger partial charge in [-0.2, -0.15) is 0 Å². The van der Waals surface area contributed by atoms with Gasteiger partial charge in [0.1, 0.15) is 13.0 Å². The predicted octanol–water partition coefficient (Wildman–Crippen LogP) is 13.6. The van der Waals surface area contributed by atoms with E-state index in [0.29, 0.717) is 0 Å². The second-order valence-corrected chi connectivity index (χ2v) is 35.4. The standard InChI is InChI=1S/C48H74Br2Si2/c1-17-45(18-2)27-41(9,10)31-25-32-36(46(19-3,20-4)28-42(32,11)12)39(35(31)45)51(49)52(50)40-37-33(43(13,14)29-47(37,21-5)22-6)26-34-38(40)48(23-7,24-8)30-44(34,15)16/h25-26H,17-24,27-30H2,1-16H3/b52-51+. The van der Waals surface area contributed by atoms with E-state index < -0.39 is 13.0 Å². The molecule has 0 nitrogen and oxygen atoms in total. The van der Waals surface area contributed by atoms with Crippen LogP contribution in [0, 0.1) is 0 Å². The molecular weight excluding hydrogens is 793 g/mol. The topological polar surface area (TPSA) is 0 Å². The van der Waals surface area contributed by atoms with Crippen LogP contribution in [-0.4, -0.2) is 13.0 Å². The minimum Gasteiger partial charge on any atom is -0.0969 e. The van der Waals surface area contributed by atoms with Gasteiger partial charge in [-0.3, -0.25) is 0 Å². The smallest absolute Gasteiger partial charge is 0.0969 e. The fraction of sp³-hybridized carbons (Fsp3) is 0.750. The van der Waals surface area contributed by atoms with Crippen molar-refractivity contribution in [3.8, 4) is 0 Å². The molecule has 0 N–H and O–H groups in total. The lowest BCUT2D eigenvalue weighted by Gasteiger charge is -2.37. The fourth-order valence-electron chi connectivity index (χ4n) is 13.9. The van der Waals surface area contributed by atoms with Gasteiger partial charge in [-0.25, -0.2) is 0 Å². The summed E-state index contributed by atoms with van der Waals surface area (Å²) in [5.74, 6) is 0. The monoisotopic (exact) mass is 864 g/mol. The van der Waals surface area contributed by atoms with Crippen molar-refractivity contribution in [3.63, 3.8) is 0 Å². The highest BCUT2D eigenvalue weighted by atomic mass is 79.9. The third kappa shape index (κ3) is 5.44. The van der Waals surface area contributed by atoms with Crippen LogP contribution in [-0.2, 0) is 43.3 Å². The molecule has 0 fully saturated rings. The lowest BCUT2D eigenvalue weighted by atomic mass is 9.72. The summed E-state index contributed by atoms with van der Waals surface area (Å²) in [5.41, 5.74) is 15.7. The maximum absolute atomic E-state index is 4.93. The Morgan fingerprint density at radius 2 is 0.558 bits per heavy atom. The van der Waals surface area contributed by atoms with Crippen molar-refractivity contribution >= 4 is 54.0 Å². The highest BCUT2D eigenvalue weighted by molar-refractivity contribution is 9.31. The molecule has 0 spiro atoms. The molecule has 4 aliphatic carbocycles. The van der Waals surface area contributed by atoms with Crippen LogP contribution >= 0.6 is 30.6 Å². The highest BCUT2D eigenvalue weighted by Gasteiger charge is 2.57. The summed E-state index contributed by atoms with van der Waals surface area (Å²) in [4.78, 5) is 0. The van der Waals surface area contributed by atoms with E-state index in [0.717, 1.165) is 0 Å². The summed E-state index contributed by atoms with van der Waals surface area (Å²) in [6, 6.07) is 5.58. The first-order chi connectivity index (χ1) is 24.1. The van der Waals surface area contributed by atoms with E-state index >= 15 is 0 Å². The van der Waals surface area contributed by atoms with E-state index in [1.165, 1.54) is 77.0 Å². The average Bonchev–Trinajstić information content (AvgIpc) is 3.69. The van der Waals surface area contributed by atoms with E-state index in [4.69, 9.17) is 30.6 Å². The number of hydrogen-bond donors (Lipinski definition) is 0. The molecule has 288 valence electrons. The Labute approximate surface area is 339 Å². The number of fused-ring (bicyclic) bond motifs is 4. The largest absolute Gasteiger partial charge is 0.123 e. The van der Waals surface area contributed by atoms with Crippen LogP contribution in [0.5, 0.6) is 0 Å². The predicted molar refractivity (Wildman–Crippen MR) is 241 cm³/mol. The molecule has 0 aliphatic heterocycles. The van der Waals surface area contributed by atoms with Gasteiger partial charge in [-0.1, -0.05) is 153 Å². The van der Waals surface area contributed by atoms with Crippen molar-refractivity contribution in [1.29, 1.82) is 0 Å². The molecule has 0 amide bonds. The molecule has 0 saturated heterocycles. The molecule has 0 unspecified atom stereocenters. The zero-order valence-electron chi connectivity index (χ0n) is 36.4. The second kappa shape index (κ2) is 13.2. The van der Waals surface area contributed by atoms with Gasteiger partial charge in [-0.15, -0.1) is 0 Å². The molecule has 6 rings (SSSR count). The molecule has 52 heavy (non-hydrogen) atoms. The van der Waals surface area contributed by atoms with Crippen LogP contribution < -0.4 is 10.4 Å². The van der Waals surface area contributed by atoms with Crippen molar-refractivity contribution < 1.29 is 0 Å². The van der Waals surface area contributed by atoms with Gasteiger partial charge in [0, 0.05) is 0 Å². The van der Waals surface area contributed by atoms with Gasteiger partial charge < -0.3 is 0 Å². The lowest BCUT2D eigenvalue weighted by molar-refractivity contribution is 0.323. The van der Waals surface area contributed by atoms with Crippen LogP contribution in [0.2, 0.25) is 0 Å². The Bertz CT molecular complexity index is 1560. The number of benzene rings is 2. The van der Waals surface area contributed by atoms with E-state index in [9.17, 15) is 0 Å². The summed E-state index contributed by atoms with van der Waals surface area (Å²) in [6.45, 7) is 38.3. The van der Waals surface area contributed by atoms with E-state index in [2.05, 4.69) is 123 Å². The van der Waals surface area contributed by atoms with Crippen molar-refractivity contribution in [3.05, 3.63) is 56.6 Å². The normalized spacial score (nSPS) is 24.7. The van der Waals surface area contributed by atoms with Crippen molar-refractivity contribution in [2.24, 2.45) is 0 Å². The minimum absolute atomic E-state index is 0.182. The van der Waals surface area contributed by atoms with Crippen molar-refractivity contribution in [2.75, 3.05) is 0 Å². The minimum atomic E-state index is -1.24. The maximum atomic E-state index is 4.93. The molecular formula is C48H74Br2Si2. The van der Waals surface area contributed by atoms with Gasteiger partial charge in [-0.05, 0) is 175 Å². The SMILES string of the molecule is CCC1(CC)CC(C)(C)c2cc3c(c(/[Si](Br)=[Si](\Br)c4c5c(cc6c4C(CC)(CC)CC6(C)C)C(C)(C)CC5(CC)CC)c21)C(CC)(CC)CC3(C)C. The maximum Gasteiger partial charge on any atom is 0.123 e. The van der Waals surface area contributed by atoms with Crippen molar-refractivity contribution in [1.82, 2.24) is 0 Å². The average molecular weight is 867 g/mol. The molecule has 2 aromatic rings. The third-order valence-electron chi connectivity index (χ3n) is 16.9. The Morgan fingerprint density at radius 1 is 0.385 bits per heavy atom. The van der Waals surface area contributed by atoms with Gasteiger partial charge in [0.05, 0.1) is 0 Å². The molecule has 2 aromatic carbocycles. The molecule has 0 aromatic heterocycles. The lowest BCUT2D eigenvalue weighted by Crippen LogP contribution is -2.46. The summed E-state index contributed by atoms with van der Waals surface area (Å²) in [5, 5.41) is 3.68. The van der Waals surface area contributed by atoms with Crippen LogP contribution in [0.1, 0.15) is 232 Å². The molecule has 0 saturated carbocycles. The Hall–Kier alpha value is -0.166. The van der Waals surface area contributed by atoms with Crippen LogP contribution in [0.3, 0.4) is 0 Å². The number of halogens is 2. The fourth-order valence-corrected chi connectivity index (χ4v) is 25.6. The van der Waals surface area contributed by atoms with E-state index in [1.807, 2.05) is 10.4 Å². The third-order valence-corrected chi connectivity index (χ3v) is 36.1. The first-order valence-corrected chi connectivity index (χ1v) is 30.1. The number of hydrogen-bond acceptors (Lipinski definition) is 0.